The Balaban J connectivity index is 1.42. The van der Waals surface area contributed by atoms with E-state index in [2.05, 4.69) is 23.6 Å². The number of hydrogen-bond donors (Lipinski definition) is 2. The highest BCUT2D eigenvalue weighted by atomic mass is 32.1. The van der Waals surface area contributed by atoms with E-state index in [0.717, 1.165) is 55.4 Å². The number of fused-ring (bicyclic) bond motifs is 1. The van der Waals surface area contributed by atoms with E-state index in [1.165, 1.54) is 11.3 Å². The molecule has 2 aromatic rings. The van der Waals surface area contributed by atoms with Crippen LogP contribution < -0.4 is 15.4 Å². The summed E-state index contributed by atoms with van der Waals surface area (Å²) in [4.78, 5) is 37.6. The zero-order valence-corrected chi connectivity index (χ0v) is 20.1. The zero-order valence-electron chi connectivity index (χ0n) is 19.3. The van der Waals surface area contributed by atoms with Gasteiger partial charge in [0.25, 0.3) is 11.8 Å². The summed E-state index contributed by atoms with van der Waals surface area (Å²) in [5.74, 6) is -1.01. The third-order valence-electron chi connectivity index (χ3n) is 5.43. The molecule has 34 heavy (non-hydrogen) atoms. The highest BCUT2D eigenvalue weighted by Gasteiger charge is 2.21. The largest absolute Gasteiger partial charge is 0.494 e. The smallest absolute Gasteiger partial charge is 0.325 e. The molecule has 180 valence electrons. The zero-order chi connectivity index (χ0) is 24.3. The molecule has 9 heteroatoms. The number of unbranched alkanes of at least 4 members (excludes halogenated alkanes) is 1. The van der Waals surface area contributed by atoms with E-state index in [9.17, 15) is 19.6 Å². The molecule has 8 nitrogen and oxygen atoms in total. The molecule has 2 amide bonds. The van der Waals surface area contributed by atoms with Gasteiger partial charge in [-0.25, -0.2) is 0 Å². The van der Waals surface area contributed by atoms with Crippen LogP contribution in [0.25, 0.3) is 0 Å². The van der Waals surface area contributed by atoms with E-state index in [0.29, 0.717) is 28.5 Å². The molecule has 1 aromatic carbocycles. The average Bonchev–Trinajstić information content (AvgIpc) is 3.00. The summed E-state index contributed by atoms with van der Waals surface area (Å²) in [7, 11) is 0. The van der Waals surface area contributed by atoms with Crippen LogP contribution in [0.5, 0.6) is 5.75 Å². The number of carbonyl (C=O) groups excluding carboxylic acids is 3. The van der Waals surface area contributed by atoms with E-state index in [1.54, 1.807) is 24.3 Å². The Bertz CT molecular complexity index is 1060. The number of hydrogen-bond acceptors (Lipinski definition) is 7. The van der Waals surface area contributed by atoms with Crippen molar-refractivity contribution >= 4 is 34.1 Å². The van der Waals surface area contributed by atoms with Gasteiger partial charge in [0.15, 0.2) is 6.61 Å². The van der Waals surface area contributed by atoms with Gasteiger partial charge in [0.1, 0.15) is 23.4 Å². The standard InChI is InChI=1S/C25H29N3O5S/c1-2-3-13-32-18-11-9-17(10-12-18)24(31)27-15-23(30)33-16-22(29)28-25-20(14-26)19-7-5-4-6-8-21(19)34-25/h9-12H,2-8,13,15-16H2,1H3,(H,27,31)(H,28,29). The fourth-order valence-electron chi connectivity index (χ4n) is 3.60. The van der Waals surface area contributed by atoms with Crippen molar-refractivity contribution in [1.29, 1.82) is 5.26 Å². The second kappa shape index (κ2) is 12.8. The summed E-state index contributed by atoms with van der Waals surface area (Å²) in [5.41, 5.74) is 1.92. The van der Waals surface area contributed by atoms with Crippen LogP contribution in [0.1, 0.15) is 65.4 Å². The van der Waals surface area contributed by atoms with E-state index in [-0.39, 0.29) is 6.54 Å². The van der Waals surface area contributed by atoms with Crippen LogP contribution in [0.4, 0.5) is 5.00 Å². The summed E-state index contributed by atoms with van der Waals surface area (Å²) in [5, 5.41) is 15.2. The van der Waals surface area contributed by atoms with E-state index in [4.69, 9.17) is 9.47 Å². The van der Waals surface area contributed by atoms with Gasteiger partial charge in [-0.3, -0.25) is 14.4 Å². The van der Waals surface area contributed by atoms with E-state index < -0.39 is 24.4 Å². The molecule has 1 heterocycles. The van der Waals surface area contributed by atoms with Crippen LogP contribution in [0.3, 0.4) is 0 Å². The van der Waals surface area contributed by atoms with Crippen molar-refractivity contribution in [1.82, 2.24) is 5.32 Å². The van der Waals surface area contributed by atoms with Gasteiger partial charge < -0.3 is 20.1 Å². The molecule has 0 radical (unpaired) electrons. The lowest BCUT2D eigenvalue weighted by Crippen LogP contribution is -2.32. The Morgan fingerprint density at radius 3 is 2.62 bits per heavy atom. The quantitative estimate of drug-likeness (QED) is 0.300. The highest BCUT2D eigenvalue weighted by Crippen LogP contribution is 2.36. The first-order valence-corrected chi connectivity index (χ1v) is 12.3. The number of nitrogens with one attached hydrogen (secondary N) is 2. The third-order valence-corrected chi connectivity index (χ3v) is 6.63. The number of aryl methyl sites for hydroxylation is 1. The maximum Gasteiger partial charge on any atom is 0.325 e. The predicted octanol–water partition coefficient (Wildman–Crippen LogP) is 3.98. The number of thiophene rings is 1. The molecule has 0 saturated heterocycles. The highest BCUT2D eigenvalue weighted by molar-refractivity contribution is 7.16. The molecule has 0 spiro atoms. The minimum atomic E-state index is -0.731. The number of amides is 2. The first-order valence-electron chi connectivity index (χ1n) is 11.5. The maximum absolute atomic E-state index is 12.3. The van der Waals surface area contributed by atoms with Crippen molar-refractivity contribution < 1.29 is 23.9 Å². The van der Waals surface area contributed by atoms with Crippen molar-refractivity contribution in [3.8, 4) is 11.8 Å². The number of carbonyl (C=O) groups is 3. The topological polar surface area (TPSA) is 118 Å². The number of nitrogens with zero attached hydrogens (tertiary/aromatic N) is 1. The van der Waals surface area contributed by atoms with Crippen LogP contribution in [0.15, 0.2) is 24.3 Å². The fourth-order valence-corrected chi connectivity index (χ4v) is 4.86. The molecule has 0 atom stereocenters. The third kappa shape index (κ3) is 7.06. The summed E-state index contributed by atoms with van der Waals surface area (Å²) in [6, 6.07) is 8.83. The van der Waals surface area contributed by atoms with Gasteiger partial charge in [-0.05, 0) is 61.9 Å². The number of anilines is 1. The molecule has 0 saturated carbocycles. The molecular formula is C25H29N3O5S. The lowest BCUT2D eigenvalue weighted by molar-refractivity contribution is -0.146. The summed E-state index contributed by atoms with van der Waals surface area (Å²) < 4.78 is 10.5. The molecule has 1 aromatic heterocycles. The first-order chi connectivity index (χ1) is 16.5. The molecule has 0 fully saturated rings. The Labute approximate surface area is 203 Å². The van der Waals surface area contributed by atoms with Crippen LogP contribution in [0, 0.1) is 11.3 Å². The van der Waals surface area contributed by atoms with Crippen LogP contribution in [-0.2, 0) is 27.2 Å². The van der Waals surface area contributed by atoms with Crippen LogP contribution in [-0.4, -0.2) is 37.5 Å². The molecule has 1 aliphatic carbocycles. The second-order valence-electron chi connectivity index (χ2n) is 8.00. The van der Waals surface area contributed by atoms with Gasteiger partial charge in [0.2, 0.25) is 0 Å². The van der Waals surface area contributed by atoms with Gasteiger partial charge in [-0.1, -0.05) is 19.8 Å². The molecule has 1 aliphatic rings. The lowest BCUT2D eigenvalue weighted by Gasteiger charge is -2.08. The van der Waals surface area contributed by atoms with Crippen LogP contribution >= 0.6 is 11.3 Å². The summed E-state index contributed by atoms with van der Waals surface area (Å²) in [6.45, 7) is 1.84. The Morgan fingerprint density at radius 2 is 1.88 bits per heavy atom. The second-order valence-corrected chi connectivity index (χ2v) is 9.10. The van der Waals surface area contributed by atoms with Crippen molar-refractivity contribution in [3.05, 3.63) is 45.8 Å². The molecule has 0 aliphatic heterocycles. The number of esters is 1. The number of ether oxygens (including phenoxy) is 2. The van der Waals surface area contributed by atoms with Crippen LogP contribution in [0.2, 0.25) is 0 Å². The van der Waals surface area contributed by atoms with Crippen molar-refractivity contribution in [2.24, 2.45) is 0 Å². The minimum Gasteiger partial charge on any atom is -0.494 e. The Kier molecular flexibility index (Phi) is 9.47. The molecule has 0 unspecified atom stereocenters. The van der Waals surface area contributed by atoms with E-state index >= 15 is 0 Å². The number of nitriles is 1. The van der Waals surface area contributed by atoms with Crippen molar-refractivity contribution in [3.63, 3.8) is 0 Å². The fraction of sp³-hybridized carbons (Fsp3) is 0.440. The summed E-state index contributed by atoms with van der Waals surface area (Å²) in [6.07, 6.45) is 6.99. The van der Waals surface area contributed by atoms with Crippen molar-refractivity contribution in [2.75, 3.05) is 25.1 Å². The minimum absolute atomic E-state index is 0.363. The van der Waals surface area contributed by atoms with Gasteiger partial charge in [0.05, 0.1) is 12.2 Å². The van der Waals surface area contributed by atoms with Gasteiger partial charge in [0, 0.05) is 10.4 Å². The molecule has 3 rings (SSSR count). The normalized spacial score (nSPS) is 12.6. The molecule has 0 bridgehead atoms. The summed E-state index contributed by atoms with van der Waals surface area (Å²) >= 11 is 1.42. The first kappa shape index (κ1) is 25.2. The average molecular weight is 484 g/mol. The SMILES string of the molecule is CCCCOc1ccc(C(=O)NCC(=O)OCC(=O)Nc2sc3c(c2C#N)CCCCC3)cc1. The maximum atomic E-state index is 12.3. The monoisotopic (exact) mass is 483 g/mol. The molecule has 2 N–H and O–H groups in total. The lowest BCUT2D eigenvalue weighted by atomic mass is 10.1. The van der Waals surface area contributed by atoms with Crippen molar-refractivity contribution in [2.45, 2.75) is 51.9 Å². The predicted molar refractivity (Wildman–Crippen MR) is 129 cm³/mol. The van der Waals surface area contributed by atoms with E-state index in [1.807, 2.05) is 0 Å². The Morgan fingerprint density at radius 1 is 1.12 bits per heavy atom. The van der Waals surface area contributed by atoms with Gasteiger partial charge in [-0.2, -0.15) is 5.26 Å². The van der Waals surface area contributed by atoms with Gasteiger partial charge in [-0.15, -0.1) is 11.3 Å². The molecular weight excluding hydrogens is 454 g/mol. The Hall–Kier alpha value is -3.38. The number of benzene rings is 1. The van der Waals surface area contributed by atoms with Gasteiger partial charge >= 0.3 is 5.97 Å². The number of rotatable bonds is 10.